The highest BCUT2D eigenvalue weighted by atomic mass is 19.4. The molecule has 0 aromatic heterocycles. The van der Waals surface area contributed by atoms with Crippen molar-refractivity contribution in [3.63, 3.8) is 0 Å². The fourth-order valence-electron chi connectivity index (χ4n) is 5.09. The normalized spacial score (nSPS) is 17.5. The molecule has 206 valence electrons. The van der Waals surface area contributed by atoms with Crippen molar-refractivity contribution in [3.05, 3.63) is 77.9 Å². The van der Waals surface area contributed by atoms with Crippen molar-refractivity contribution in [2.24, 2.45) is 5.92 Å². The Morgan fingerprint density at radius 3 is 2.03 bits per heavy atom. The molecule has 0 bridgehead atoms. The van der Waals surface area contributed by atoms with Crippen molar-refractivity contribution in [1.82, 2.24) is 0 Å². The molecule has 2 nitrogen and oxygen atoms in total. The van der Waals surface area contributed by atoms with Gasteiger partial charge in [-0.15, -0.1) is 13.2 Å². The van der Waals surface area contributed by atoms with E-state index in [1.165, 1.54) is 62.3 Å². The number of ether oxygens (including phenoxy) is 2. The smallest absolute Gasteiger partial charge is 0.454 e. The number of hydrogen-bond acceptors (Lipinski definition) is 2. The van der Waals surface area contributed by atoms with E-state index >= 15 is 0 Å². The Balaban J connectivity index is 0.00000400. The van der Waals surface area contributed by atoms with Gasteiger partial charge in [0, 0.05) is 5.56 Å². The van der Waals surface area contributed by atoms with Gasteiger partial charge in [-0.3, -0.25) is 0 Å². The molecule has 0 aliphatic heterocycles. The molecule has 3 aromatic carbocycles. The van der Waals surface area contributed by atoms with Gasteiger partial charge in [-0.25, -0.2) is 4.39 Å². The summed E-state index contributed by atoms with van der Waals surface area (Å²) in [6, 6.07) is 14.8. The third kappa shape index (κ3) is 7.71. The Bertz CT molecular complexity index is 1150. The Labute approximate surface area is 221 Å². The van der Waals surface area contributed by atoms with Crippen LogP contribution >= 0.6 is 0 Å². The lowest BCUT2D eigenvalue weighted by Gasteiger charge is -2.29. The fourth-order valence-corrected chi connectivity index (χ4v) is 5.09. The molecule has 0 heterocycles. The van der Waals surface area contributed by atoms with Crippen molar-refractivity contribution in [2.45, 2.75) is 78.0 Å². The maximum Gasteiger partial charge on any atom is 0.573 e. The van der Waals surface area contributed by atoms with Crippen molar-refractivity contribution in [1.29, 1.82) is 0 Å². The molecule has 1 fully saturated rings. The summed E-state index contributed by atoms with van der Waals surface area (Å²) in [5.41, 5.74) is 2.24. The summed E-state index contributed by atoms with van der Waals surface area (Å²) in [7, 11) is 0. The van der Waals surface area contributed by atoms with Crippen LogP contribution in [0.4, 0.5) is 22.0 Å². The fraction of sp³-hybridized carbons (Fsp3) is 0.419. The van der Waals surface area contributed by atoms with Crippen LogP contribution in [0.5, 0.6) is 17.2 Å². The number of benzene rings is 3. The van der Waals surface area contributed by atoms with Gasteiger partial charge < -0.3 is 9.47 Å². The summed E-state index contributed by atoms with van der Waals surface area (Å²) in [4.78, 5) is 0. The van der Waals surface area contributed by atoms with E-state index in [-0.39, 0.29) is 18.9 Å². The van der Waals surface area contributed by atoms with Gasteiger partial charge in [-0.1, -0.05) is 64.3 Å². The second kappa shape index (κ2) is 13.1. The molecule has 38 heavy (non-hydrogen) atoms. The zero-order valence-corrected chi connectivity index (χ0v) is 20.8. The molecule has 0 unspecified atom stereocenters. The van der Waals surface area contributed by atoms with Gasteiger partial charge >= 0.3 is 6.36 Å². The Morgan fingerprint density at radius 1 is 0.789 bits per heavy atom. The van der Waals surface area contributed by atoms with E-state index in [1.54, 1.807) is 0 Å². The molecule has 0 saturated heterocycles. The van der Waals surface area contributed by atoms with Gasteiger partial charge in [0.15, 0.2) is 11.6 Å². The summed E-state index contributed by atoms with van der Waals surface area (Å²) in [6.07, 6.45) is 5.14. The predicted molar refractivity (Wildman–Crippen MR) is 141 cm³/mol. The topological polar surface area (TPSA) is 18.5 Å². The van der Waals surface area contributed by atoms with Crippen LogP contribution in [0.15, 0.2) is 60.7 Å². The number of hydrogen-bond donors (Lipinski definition) is 0. The minimum atomic E-state index is -4.83. The van der Waals surface area contributed by atoms with Gasteiger partial charge in [0.05, 0.1) is 0 Å². The first kappa shape index (κ1) is 29.5. The van der Waals surface area contributed by atoms with Crippen LogP contribution in [0.2, 0.25) is 0 Å². The molecular weight excluding hydrogens is 499 g/mol. The second-order valence-corrected chi connectivity index (χ2v) is 9.69. The first-order valence-electron chi connectivity index (χ1n) is 12.9. The third-order valence-corrected chi connectivity index (χ3v) is 7.08. The summed E-state index contributed by atoms with van der Waals surface area (Å²) in [5, 5.41) is 0. The molecular formula is C31H35F5O2. The SMILES string of the molecule is C.CCCCCC1CCC(c2ccc(-c3ccc(F)c(F)c3Oc3ccc(OC(F)(F)F)cc3)cc2)CC1. The molecule has 3 aromatic rings. The zero-order chi connectivity index (χ0) is 26.4. The molecule has 4 rings (SSSR count). The highest BCUT2D eigenvalue weighted by molar-refractivity contribution is 5.71. The summed E-state index contributed by atoms with van der Waals surface area (Å²) >= 11 is 0. The van der Waals surface area contributed by atoms with E-state index in [1.807, 2.05) is 24.3 Å². The molecule has 0 radical (unpaired) electrons. The Hall–Kier alpha value is -3.09. The van der Waals surface area contributed by atoms with E-state index < -0.39 is 23.7 Å². The average molecular weight is 535 g/mol. The highest BCUT2D eigenvalue weighted by Gasteiger charge is 2.31. The molecule has 1 aliphatic carbocycles. The van der Waals surface area contributed by atoms with Gasteiger partial charge in [0.25, 0.3) is 0 Å². The van der Waals surface area contributed by atoms with Crippen molar-refractivity contribution >= 4 is 0 Å². The standard InChI is InChI=1S/C30H31F5O2.CH4/c1-2-3-4-5-20-6-8-21(9-7-20)22-10-12-23(13-11-22)26-18-19-27(31)28(32)29(26)36-24-14-16-25(17-15-24)37-30(33,34)35;/h10-21H,2-9H2,1H3;1H4. The molecule has 0 spiro atoms. The lowest BCUT2D eigenvalue weighted by atomic mass is 9.77. The van der Waals surface area contributed by atoms with Crippen molar-refractivity contribution in [3.8, 4) is 28.4 Å². The second-order valence-electron chi connectivity index (χ2n) is 9.69. The quantitative estimate of drug-likeness (QED) is 0.201. The highest BCUT2D eigenvalue weighted by Crippen LogP contribution is 2.41. The van der Waals surface area contributed by atoms with E-state index in [9.17, 15) is 22.0 Å². The largest absolute Gasteiger partial charge is 0.573 e. The maximum atomic E-state index is 14.8. The number of rotatable bonds is 9. The summed E-state index contributed by atoms with van der Waals surface area (Å²) < 4.78 is 75.5. The third-order valence-electron chi connectivity index (χ3n) is 7.08. The minimum Gasteiger partial charge on any atom is -0.454 e. The lowest BCUT2D eigenvalue weighted by molar-refractivity contribution is -0.274. The lowest BCUT2D eigenvalue weighted by Crippen LogP contribution is -2.16. The van der Waals surface area contributed by atoms with Gasteiger partial charge in [0.2, 0.25) is 5.82 Å². The average Bonchev–Trinajstić information content (AvgIpc) is 2.88. The van der Waals surface area contributed by atoms with E-state index in [0.29, 0.717) is 17.0 Å². The van der Waals surface area contributed by atoms with Gasteiger partial charge in [-0.2, -0.15) is 4.39 Å². The number of unbranched alkanes of at least 4 members (excludes halogenated alkanes) is 2. The molecule has 1 saturated carbocycles. The van der Waals surface area contributed by atoms with E-state index in [4.69, 9.17) is 4.74 Å². The summed E-state index contributed by atoms with van der Waals surface area (Å²) in [6.45, 7) is 2.23. The van der Waals surface area contributed by atoms with Crippen LogP contribution in [0.1, 0.15) is 77.2 Å². The molecule has 0 amide bonds. The maximum absolute atomic E-state index is 14.8. The van der Waals surface area contributed by atoms with Crippen molar-refractivity contribution < 1.29 is 31.4 Å². The molecule has 0 atom stereocenters. The first-order chi connectivity index (χ1) is 17.7. The van der Waals surface area contributed by atoms with Crippen LogP contribution in [-0.2, 0) is 0 Å². The molecule has 7 heteroatoms. The monoisotopic (exact) mass is 534 g/mol. The van der Waals surface area contributed by atoms with Crippen LogP contribution in [-0.4, -0.2) is 6.36 Å². The summed E-state index contributed by atoms with van der Waals surface area (Å²) in [5.74, 6) is -1.66. The minimum absolute atomic E-state index is 0. The zero-order valence-electron chi connectivity index (χ0n) is 20.8. The van der Waals surface area contributed by atoms with Gasteiger partial charge in [-0.05, 0) is 85.0 Å². The van der Waals surface area contributed by atoms with E-state index in [2.05, 4.69) is 11.7 Å². The predicted octanol–water partition coefficient (Wildman–Crippen LogP) is 10.8. The van der Waals surface area contributed by atoms with Crippen LogP contribution < -0.4 is 9.47 Å². The molecule has 0 N–H and O–H groups in total. The molecule has 1 aliphatic rings. The Morgan fingerprint density at radius 2 is 1.42 bits per heavy atom. The van der Waals surface area contributed by atoms with Crippen LogP contribution in [0.3, 0.4) is 0 Å². The number of alkyl halides is 3. The van der Waals surface area contributed by atoms with Gasteiger partial charge in [0.1, 0.15) is 11.5 Å². The van der Waals surface area contributed by atoms with Crippen LogP contribution in [0.25, 0.3) is 11.1 Å². The number of halogens is 5. The van der Waals surface area contributed by atoms with Crippen LogP contribution in [0, 0.1) is 17.6 Å². The Kier molecular flexibility index (Phi) is 10.2. The first-order valence-corrected chi connectivity index (χ1v) is 12.9. The van der Waals surface area contributed by atoms with Crippen molar-refractivity contribution in [2.75, 3.05) is 0 Å². The van der Waals surface area contributed by atoms with E-state index in [0.717, 1.165) is 37.0 Å².